The second-order valence-corrected chi connectivity index (χ2v) is 5.33. The number of ether oxygens (including phenoxy) is 1. The second kappa shape index (κ2) is 6.20. The average Bonchev–Trinajstić information content (AvgIpc) is 2.90. The number of aromatic nitrogens is 2. The van der Waals surface area contributed by atoms with Crippen LogP contribution in [0, 0.1) is 0 Å². The number of halogens is 1. The number of benzene rings is 1. The van der Waals surface area contributed by atoms with E-state index in [9.17, 15) is 0 Å². The maximum absolute atomic E-state index is 5.82. The third-order valence-corrected chi connectivity index (χ3v) is 3.57. The molecule has 0 spiro atoms. The molecular weight excluding hydrogens is 274 g/mol. The lowest BCUT2D eigenvalue weighted by molar-refractivity contribution is 0.189. The van der Waals surface area contributed by atoms with Crippen LogP contribution in [0.25, 0.3) is 0 Å². The zero-order chi connectivity index (χ0) is 13.8. The van der Waals surface area contributed by atoms with Crippen molar-refractivity contribution in [3.63, 3.8) is 0 Å². The molecule has 3 rings (SSSR count). The van der Waals surface area contributed by atoms with Crippen molar-refractivity contribution in [3.05, 3.63) is 53.2 Å². The van der Waals surface area contributed by atoms with Gasteiger partial charge in [0.2, 0.25) is 5.88 Å². The van der Waals surface area contributed by atoms with Crippen molar-refractivity contribution in [1.82, 2.24) is 15.1 Å². The average molecular weight is 290 g/mol. The molecule has 4 nitrogen and oxygen atoms in total. The summed E-state index contributed by atoms with van der Waals surface area (Å²) < 4.78 is 5.82. The molecule has 0 N–H and O–H groups in total. The van der Waals surface area contributed by atoms with Gasteiger partial charge in [0.05, 0.1) is 0 Å². The zero-order valence-electron chi connectivity index (χ0n) is 11.1. The summed E-state index contributed by atoms with van der Waals surface area (Å²) in [5.74, 6) is 0.543. The molecule has 1 aromatic carbocycles. The largest absolute Gasteiger partial charge is 0.472 e. The topological polar surface area (TPSA) is 38.2 Å². The highest BCUT2D eigenvalue weighted by Crippen LogP contribution is 2.18. The van der Waals surface area contributed by atoms with Crippen molar-refractivity contribution < 1.29 is 4.74 Å². The van der Waals surface area contributed by atoms with Crippen molar-refractivity contribution >= 4 is 11.6 Å². The third-order valence-electron chi connectivity index (χ3n) is 3.37. The van der Waals surface area contributed by atoms with Crippen LogP contribution in [0.2, 0.25) is 5.15 Å². The molecule has 2 aromatic rings. The molecule has 1 aliphatic heterocycles. The van der Waals surface area contributed by atoms with Gasteiger partial charge in [0.15, 0.2) is 5.15 Å². The normalized spacial score (nSPS) is 19.1. The molecule has 1 fully saturated rings. The van der Waals surface area contributed by atoms with Crippen LogP contribution in [0.3, 0.4) is 0 Å². The highest BCUT2D eigenvalue weighted by molar-refractivity contribution is 6.29. The van der Waals surface area contributed by atoms with Crippen LogP contribution in [0.1, 0.15) is 12.0 Å². The van der Waals surface area contributed by atoms with E-state index >= 15 is 0 Å². The summed E-state index contributed by atoms with van der Waals surface area (Å²) in [4.78, 5) is 2.39. The van der Waals surface area contributed by atoms with Gasteiger partial charge in [-0.2, -0.15) is 0 Å². The van der Waals surface area contributed by atoms with Gasteiger partial charge in [-0.05, 0) is 18.1 Å². The number of nitrogens with zero attached hydrogens (tertiary/aromatic N) is 3. The Bertz CT molecular complexity index is 547. The monoisotopic (exact) mass is 289 g/mol. The Balaban J connectivity index is 1.53. The quantitative estimate of drug-likeness (QED) is 0.867. The first-order chi connectivity index (χ1) is 9.79. The molecule has 0 bridgehead atoms. The summed E-state index contributed by atoms with van der Waals surface area (Å²) >= 11 is 5.70. The first-order valence-corrected chi connectivity index (χ1v) is 7.09. The van der Waals surface area contributed by atoms with E-state index in [1.165, 1.54) is 5.56 Å². The van der Waals surface area contributed by atoms with Gasteiger partial charge in [0, 0.05) is 25.7 Å². The standard InChI is InChI=1S/C15H16ClN3O/c16-14-6-7-15(18-17-14)20-13-8-9-19(11-13)10-12-4-2-1-3-5-12/h1-7,13H,8-11H2. The van der Waals surface area contributed by atoms with Gasteiger partial charge in [-0.1, -0.05) is 41.9 Å². The summed E-state index contributed by atoms with van der Waals surface area (Å²) in [6, 6.07) is 13.9. The highest BCUT2D eigenvalue weighted by atomic mass is 35.5. The van der Waals surface area contributed by atoms with Gasteiger partial charge in [-0.25, -0.2) is 0 Å². The predicted octanol–water partition coefficient (Wildman–Crippen LogP) is 2.78. The highest BCUT2D eigenvalue weighted by Gasteiger charge is 2.24. The van der Waals surface area contributed by atoms with Gasteiger partial charge in [-0.15, -0.1) is 10.2 Å². The molecule has 1 aliphatic rings. The SMILES string of the molecule is Clc1ccc(OC2CCN(Cc3ccccc3)C2)nn1. The fourth-order valence-electron chi connectivity index (χ4n) is 2.42. The van der Waals surface area contributed by atoms with E-state index in [0.29, 0.717) is 11.0 Å². The lowest BCUT2D eigenvalue weighted by atomic mass is 10.2. The Hall–Kier alpha value is -1.65. The number of hydrogen-bond donors (Lipinski definition) is 0. The molecule has 1 atom stereocenters. The predicted molar refractivity (Wildman–Crippen MR) is 77.8 cm³/mol. The van der Waals surface area contributed by atoms with Gasteiger partial charge in [-0.3, -0.25) is 4.90 Å². The van der Waals surface area contributed by atoms with E-state index in [1.54, 1.807) is 12.1 Å². The fourth-order valence-corrected chi connectivity index (χ4v) is 2.52. The maximum Gasteiger partial charge on any atom is 0.233 e. The maximum atomic E-state index is 5.82. The van der Waals surface area contributed by atoms with Gasteiger partial charge < -0.3 is 4.74 Å². The molecule has 2 heterocycles. The minimum atomic E-state index is 0.175. The van der Waals surface area contributed by atoms with Crippen LogP contribution >= 0.6 is 11.6 Å². The van der Waals surface area contributed by atoms with E-state index in [1.807, 2.05) is 6.07 Å². The van der Waals surface area contributed by atoms with Gasteiger partial charge >= 0.3 is 0 Å². The van der Waals surface area contributed by atoms with Crippen LogP contribution < -0.4 is 4.74 Å². The fraction of sp³-hybridized carbons (Fsp3) is 0.333. The van der Waals surface area contributed by atoms with E-state index < -0.39 is 0 Å². The zero-order valence-corrected chi connectivity index (χ0v) is 11.8. The summed E-state index contributed by atoms with van der Waals surface area (Å²) in [7, 11) is 0. The number of hydrogen-bond acceptors (Lipinski definition) is 4. The Morgan fingerprint density at radius 3 is 2.75 bits per heavy atom. The molecular formula is C15H16ClN3O. The Kier molecular flexibility index (Phi) is 4.14. The summed E-state index contributed by atoms with van der Waals surface area (Å²) in [6.45, 7) is 2.92. The molecule has 0 amide bonds. The van der Waals surface area contributed by atoms with E-state index in [0.717, 1.165) is 26.1 Å². The van der Waals surface area contributed by atoms with Crippen LogP contribution in [0.5, 0.6) is 5.88 Å². The van der Waals surface area contributed by atoms with Gasteiger partial charge in [0.25, 0.3) is 0 Å². The summed E-state index contributed by atoms with van der Waals surface area (Å²) in [6.07, 6.45) is 1.19. The molecule has 1 unspecified atom stereocenters. The molecule has 1 saturated heterocycles. The van der Waals surface area contributed by atoms with Crippen LogP contribution in [0.4, 0.5) is 0 Å². The van der Waals surface area contributed by atoms with Crippen molar-refractivity contribution in [1.29, 1.82) is 0 Å². The van der Waals surface area contributed by atoms with Crippen molar-refractivity contribution in [3.8, 4) is 5.88 Å². The first-order valence-electron chi connectivity index (χ1n) is 6.72. The summed E-state index contributed by atoms with van der Waals surface area (Å²) in [5, 5.41) is 8.10. The summed E-state index contributed by atoms with van der Waals surface area (Å²) in [5.41, 5.74) is 1.33. The second-order valence-electron chi connectivity index (χ2n) is 4.94. The molecule has 104 valence electrons. The van der Waals surface area contributed by atoms with Crippen LogP contribution in [-0.2, 0) is 6.54 Å². The van der Waals surface area contributed by atoms with Crippen molar-refractivity contribution in [2.45, 2.75) is 19.1 Å². The van der Waals surface area contributed by atoms with Crippen LogP contribution in [0.15, 0.2) is 42.5 Å². The van der Waals surface area contributed by atoms with Crippen molar-refractivity contribution in [2.75, 3.05) is 13.1 Å². The van der Waals surface area contributed by atoms with E-state index in [-0.39, 0.29) is 6.10 Å². The van der Waals surface area contributed by atoms with E-state index in [4.69, 9.17) is 16.3 Å². The smallest absolute Gasteiger partial charge is 0.233 e. The number of rotatable bonds is 4. The van der Waals surface area contributed by atoms with E-state index in [2.05, 4.69) is 39.4 Å². The van der Waals surface area contributed by atoms with Gasteiger partial charge in [0.1, 0.15) is 6.10 Å². The minimum Gasteiger partial charge on any atom is -0.472 e. The minimum absolute atomic E-state index is 0.175. The third kappa shape index (κ3) is 3.46. The first kappa shape index (κ1) is 13.3. The van der Waals surface area contributed by atoms with Crippen LogP contribution in [-0.4, -0.2) is 34.3 Å². The Morgan fingerprint density at radius 2 is 2.00 bits per heavy atom. The molecule has 1 aromatic heterocycles. The molecule has 0 radical (unpaired) electrons. The molecule has 0 saturated carbocycles. The van der Waals surface area contributed by atoms with Crippen molar-refractivity contribution in [2.24, 2.45) is 0 Å². The molecule has 5 heteroatoms. The Morgan fingerprint density at radius 1 is 1.15 bits per heavy atom. The lowest BCUT2D eigenvalue weighted by Crippen LogP contribution is -2.24. The lowest BCUT2D eigenvalue weighted by Gasteiger charge is -2.16. The molecule has 0 aliphatic carbocycles. The number of likely N-dealkylation sites (tertiary alicyclic amines) is 1. The molecule has 20 heavy (non-hydrogen) atoms. The Labute approximate surface area is 123 Å².